The number of aliphatic imine (C=N–C) groups is 1. The van der Waals surface area contributed by atoms with Gasteiger partial charge in [-0.3, -0.25) is 4.99 Å². The molecule has 0 spiro atoms. The molecule has 2 aliphatic rings. The summed E-state index contributed by atoms with van der Waals surface area (Å²) in [5.41, 5.74) is 10.7. The highest BCUT2D eigenvalue weighted by Gasteiger charge is 2.24. The van der Waals surface area contributed by atoms with Crippen LogP contribution in [0.3, 0.4) is 0 Å². The van der Waals surface area contributed by atoms with Crippen LogP contribution >= 0.6 is 0 Å². The van der Waals surface area contributed by atoms with Gasteiger partial charge in [0.25, 0.3) is 0 Å². The van der Waals surface area contributed by atoms with E-state index < -0.39 is 0 Å². The molecule has 0 radical (unpaired) electrons. The highest BCUT2D eigenvalue weighted by molar-refractivity contribution is 5.91. The molecule has 0 saturated heterocycles. The second-order valence-electron chi connectivity index (χ2n) is 6.35. The van der Waals surface area contributed by atoms with Crippen LogP contribution in [0.4, 0.5) is 17.1 Å². The van der Waals surface area contributed by atoms with Crippen molar-refractivity contribution in [1.29, 1.82) is 0 Å². The third-order valence-electron chi connectivity index (χ3n) is 4.92. The molecule has 1 saturated carbocycles. The summed E-state index contributed by atoms with van der Waals surface area (Å²) in [7, 11) is 0. The normalized spacial score (nSPS) is 17.5. The van der Waals surface area contributed by atoms with Gasteiger partial charge in [-0.15, -0.1) is 0 Å². The Bertz CT molecular complexity index is 765. The molecule has 1 aliphatic heterocycles. The molecule has 0 unspecified atom stereocenters. The number of nitrogens with zero attached hydrogens (tertiary/aromatic N) is 2. The van der Waals surface area contributed by atoms with Crippen LogP contribution in [-0.2, 0) is 0 Å². The predicted octanol–water partition coefficient (Wildman–Crippen LogP) is 3.81. The van der Waals surface area contributed by atoms with Gasteiger partial charge in [0.15, 0.2) is 5.75 Å². The minimum absolute atomic E-state index is 0.171. The van der Waals surface area contributed by atoms with Gasteiger partial charge in [0.05, 0.1) is 23.6 Å². The molecule has 2 aromatic rings. The fourth-order valence-electron chi connectivity index (χ4n) is 3.38. The fraction of sp³-hybridized carbons (Fsp3) is 0.316. The fourth-order valence-corrected chi connectivity index (χ4v) is 3.38. The molecular formula is C19H21N3O. The Hall–Kier alpha value is -2.49. The molecule has 3 N–H and O–H groups in total. The molecule has 1 fully saturated rings. The lowest BCUT2D eigenvalue weighted by Gasteiger charge is -2.30. The molecule has 4 heteroatoms. The molecule has 2 aromatic carbocycles. The monoisotopic (exact) mass is 307 g/mol. The van der Waals surface area contributed by atoms with Gasteiger partial charge >= 0.3 is 0 Å². The molecule has 0 aromatic heterocycles. The number of hydrogen-bond donors (Lipinski definition) is 2. The van der Waals surface area contributed by atoms with Crippen molar-refractivity contribution < 1.29 is 5.11 Å². The van der Waals surface area contributed by atoms with E-state index in [9.17, 15) is 5.11 Å². The number of anilines is 3. The van der Waals surface area contributed by atoms with Crippen LogP contribution in [0, 0.1) is 0 Å². The number of para-hydroxylation sites is 1. The van der Waals surface area contributed by atoms with Crippen molar-refractivity contribution in [2.75, 3.05) is 23.7 Å². The molecule has 0 bridgehead atoms. The lowest BCUT2D eigenvalue weighted by Crippen LogP contribution is -2.21. The van der Waals surface area contributed by atoms with Crippen LogP contribution in [0.25, 0.3) is 0 Å². The first-order chi connectivity index (χ1) is 11.2. The van der Waals surface area contributed by atoms with Crippen molar-refractivity contribution in [3.63, 3.8) is 0 Å². The van der Waals surface area contributed by atoms with Crippen LogP contribution in [0.1, 0.15) is 36.3 Å². The van der Waals surface area contributed by atoms with E-state index in [0.717, 1.165) is 23.5 Å². The number of rotatable bonds is 2. The summed E-state index contributed by atoms with van der Waals surface area (Å²) >= 11 is 0. The average molecular weight is 307 g/mol. The Morgan fingerprint density at radius 2 is 1.96 bits per heavy atom. The number of nitrogen functional groups attached to an aromatic ring is 1. The van der Waals surface area contributed by atoms with Gasteiger partial charge in [-0.2, -0.15) is 0 Å². The third kappa shape index (κ3) is 2.44. The van der Waals surface area contributed by atoms with Gasteiger partial charge in [-0.1, -0.05) is 24.6 Å². The molecule has 0 amide bonds. The van der Waals surface area contributed by atoms with Crippen LogP contribution in [0.5, 0.6) is 5.75 Å². The quantitative estimate of drug-likeness (QED) is 0.655. The Labute approximate surface area is 136 Å². The SMILES string of the molecule is Nc1cc(C2CCC2)cc(N2CCN=Cc3ccccc32)c1O. The van der Waals surface area contributed by atoms with Gasteiger partial charge in [0.2, 0.25) is 0 Å². The summed E-state index contributed by atoms with van der Waals surface area (Å²) in [5, 5.41) is 10.6. The van der Waals surface area contributed by atoms with Crippen molar-refractivity contribution >= 4 is 23.3 Å². The van der Waals surface area contributed by atoms with Crippen molar-refractivity contribution in [1.82, 2.24) is 0 Å². The minimum atomic E-state index is 0.171. The van der Waals surface area contributed by atoms with Crippen LogP contribution in [0.15, 0.2) is 41.4 Å². The first kappa shape index (κ1) is 14.1. The number of benzodiazepines with no additional fused rings is 1. The van der Waals surface area contributed by atoms with E-state index in [1.165, 1.54) is 24.8 Å². The van der Waals surface area contributed by atoms with Crippen molar-refractivity contribution in [3.8, 4) is 5.75 Å². The number of benzene rings is 2. The smallest absolute Gasteiger partial charge is 0.162 e. The summed E-state index contributed by atoms with van der Waals surface area (Å²) in [6, 6.07) is 12.2. The van der Waals surface area contributed by atoms with Crippen LogP contribution in [-0.4, -0.2) is 24.4 Å². The van der Waals surface area contributed by atoms with Crippen molar-refractivity contribution in [2.45, 2.75) is 25.2 Å². The van der Waals surface area contributed by atoms with E-state index >= 15 is 0 Å². The number of phenols is 1. The Kier molecular flexibility index (Phi) is 3.45. The maximum atomic E-state index is 10.6. The maximum absolute atomic E-state index is 10.6. The highest BCUT2D eigenvalue weighted by Crippen LogP contribution is 2.44. The Morgan fingerprint density at radius 3 is 2.74 bits per heavy atom. The lowest BCUT2D eigenvalue weighted by atomic mass is 9.79. The van der Waals surface area contributed by atoms with E-state index in [-0.39, 0.29) is 5.75 Å². The number of hydrogen-bond acceptors (Lipinski definition) is 4. The number of aromatic hydroxyl groups is 1. The highest BCUT2D eigenvalue weighted by atomic mass is 16.3. The van der Waals surface area contributed by atoms with E-state index in [1.54, 1.807) is 0 Å². The Morgan fingerprint density at radius 1 is 1.13 bits per heavy atom. The first-order valence-electron chi connectivity index (χ1n) is 8.23. The number of fused-ring (bicyclic) bond motifs is 1. The summed E-state index contributed by atoms with van der Waals surface area (Å²) in [6.07, 6.45) is 5.61. The summed E-state index contributed by atoms with van der Waals surface area (Å²) in [5.74, 6) is 0.750. The molecule has 118 valence electrons. The molecule has 1 heterocycles. The van der Waals surface area contributed by atoms with E-state index in [4.69, 9.17) is 5.73 Å². The topological polar surface area (TPSA) is 61.8 Å². The zero-order chi connectivity index (χ0) is 15.8. The average Bonchev–Trinajstić information content (AvgIpc) is 2.71. The zero-order valence-corrected chi connectivity index (χ0v) is 13.1. The minimum Gasteiger partial charge on any atom is -0.504 e. The second-order valence-corrected chi connectivity index (χ2v) is 6.35. The summed E-state index contributed by atoms with van der Waals surface area (Å²) in [6.45, 7) is 1.43. The van der Waals surface area contributed by atoms with Crippen LogP contribution in [0.2, 0.25) is 0 Å². The molecule has 0 atom stereocenters. The molecule has 1 aliphatic carbocycles. The van der Waals surface area contributed by atoms with Gasteiger partial charge in [-0.25, -0.2) is 0 Å². The number of phenolic OH excluding ortho intramolecular Hbond substituents is 1. The van der Waals surface area contributed by atoms with Crippen LogP contribution < -0.4 is 10.6 Å². The van der Waals surface area contributed by atoms with Gasteiger partial charge in [0, 0.05) is 18.3 Å². The van der Waals surface area contributed by atoms with Gasteiger partial charge in [-0.05, 0) is 42.5 Å². The van der Waals surface area contributed by atoms with E-state index in [2.05, 4.69) is 22.0 Å². The zero-order valence-electron chi connectivity index (χ0n) is 13.1. The van der Waals surface area contributed by atoms with Crippen molar-refractivity contribution in [3.05, 3.63) is 47.5 Å². The molecule has 23 heavy (non-hydrogen) atoms. The largest absolute Gasteiger partial charge is 0.504 e. The predicted molar refractivity (Wildman–Crippen MR) is 95.0 cm³/mol. The Balaban J connectivity index is 1.82. The third-order valence-corrected chi connectivity index (χ3v) is 4.92. The molecule has 4 nitrogen and oxygen atoms in total. The van der Waals surface area contributed by atoms with Crippen molar-refractivity contribution in [2.24, 2.45) is 4.99 Å². The lowest BCUT2D eigenvalue weighted by molar-refractivity contribution is 0.419. The number of nitrogens with two attached hydrogens (primary N) is 1. The standard InChI is InChI=1S/C19H21N3O/c20-16-10-15(13-5-3-6-13)11-18(19(16)23)22-9-8-21-12-14-4-1-2-7-17(14)22/h1-2,4,7,10-13,23H,3,5-6,8-9,20H2. The second kappa shape index (κ2) is 5.61. The van der Waals surface area contributed by atoms with Gasteiger partial charge < -0.3 is 15.7 Å². The summed E-state index contributed by atoms with van der Waals surface area (Å²) in [4.78, 5) is 6.58. The first-order valence-corrected chi connectivity index (χ1v) is 8.23. The summed E-state index contributed by atoms with van der Waals surface area (Å²) < 4.78 is 0. The molecular weight excluding hydrogens is 286 g/mol. The van der Waals surface area contributed by atoms with Gasteiger partial charge in [0.1, 0.15) is 0 Å². The molecule has 4 rings (SSSR count). The maximum Gasteiger partial charge on any atom is 0.162 e. The van der Waals surface area contributed by atoms with E-state index in [0.29, 0.717) is 18.2 Å². The van der Waals surface area contributed by atoms with E-state index in [1.807, 2.05) is 30.5 Å².